The van der Waals surface area contributed by atoms with E-state index in [-0.39, 0.29) is 12.4 Å². The lowest BCUT2D eigenvalue weighted by Crippen LogP contribution is -2.34. The fourth-order valence-electron chi connectivity index (χ4n) is 4.78. The third-order valence-corrected chi connectivity index (χ3v) is 6.75. The Bertz CT molecular complexity index is 1600. The van der Waals surface area contributed by atoms with Gasteiger partial charge in [-0.15, -0.1) is 0 Å². The van der Waals surface area contributed by atoms with Crippen LogP contribution in [0.3, 0.4) is 0 Å². The molecule has 37 heavy (non-hydrogen) atoms. The summed E-state index contributed by atoms with van der Waals surface area (Å²) >= 11 is 0. The predicted octanol–water partition coefficient (Wildman–Crippen LogP) is 2.06. The lowest BCUT2D eigenvalue weighted by Gasteiger charge is -2.16. The number of aryl methyl sites for hydroxylation is 2. The zero-order chi connectivity index (χ0) is 25.7. The summed E-state index contributed by atoms with van der Waals surface area (Å²) in [6.07, 6.45) is -0.00775. The van der Waals surface area contributed by atoms with Crippen molar-refractivity contribution in [1.29, 1.82) is 0 Å². The molecule has 190 valence electrons. The van der Waals surface area contributed by atoms with Crippen LogP contribution in [0.2, 0.25) is 0 Å². The van der Waals surface area contributed by atoms with Crippen LogP contribution in [0.1, 0.15) is 24.4 Å². The van der Waals surface area contributed by atoms with E-state index in [2.05, 4.69) is 27.1 Å². The summed E-state index contributed by atoms with van der Waals surface area (Å²) in [5.74, 6) is 0.874. The van der Waals surface area contributed by atoms with Gasteiger partial charge in [-0.25, -0.2) is 9.50 Å². The highest BCUT2D eigenvalue weighted by Crippen LogP contribution is 2.38. The molecule has 1 fully saturated rings. The standard InChI is InChI=1S/C26H27N7O4/c1-3-15-6-4-14-5-7-16(10-19(14)30-15)36-12-21-23(34)24(35)25(37-21)20-11-17(18-8-9-32(2)31-18)22-26(27)28-13-29-33(20)22/h4-11,13,21,23-25,34-35H,3,12H2,1-2H3,(H2,27,28,29)/t21-,23-,24-,25+/m1/s1. The van der Waals surface area contributed by atoms with Gasteiger partial charge in [-0.05, 0) is 36.8 Å². The molecule has 1 aliphatic rings. The number of hydrogen-bond donors (Lipinski definition) is 3. The molecule has 4 aromatic heterocycles. The number of anilines is 1. The minimum atomic E-state index is -1.20. The number of aliphatic hydroxyl groups is 2. The molecule has 0 unspecified atom stereocenters. The first-order valence-corrected chi connectivity index (χ1v) is 12.1. The van der Waals surface area contributed by atoms with Crippen molar-refractivity contribution in [3.05, 3.63) is 66.4 Å². The Balaban J connectivity index is 1.27. The Morgan fingerprint density at radius 2 is 1.95 bits per heavy atom. The minimum absolute atomic E-state index is 0.0429. The fourth-order valence-corrected chi connectivity index (χ4v) is 4.78. The Hall–Kier alpha value is -4.06. The topological polar surface area (TPSA) is 146 Å². The first kappa shape index (κ1) is 23.3. The average molecular weight is 502 g/mol. The van der Waals surface area contributed by atoms with E-state index in [0.29, 0.717) is 28.2 Å². The molecule has 11 heteroatoms. The summed E-state index contributed by atoms with van der Waals surface area (Å²) in [6, 6.07) is 13.4. The van der Waals surface area contributed by atoms with E-state index in [0.717, 1.165) is 23.0 Å². The fraction of sp³-hybridized carbons (Fsp3) is 0.308. The van der Waals surface area contributed by atoms with Crippen LogP contribution < -0.4 is 10.5 Å². The third kappa shape index (κ3) is 4.06. The maximum atomic E-state index is 10.9. The number of benzene rings is 1. The number of ether oxygens (including phenoxy) is 2. The quantitative estimate of drug-likeness (QED) is 0.318. The molecule has 5 aromatic rings. The Morgan fingerprint density at radius 1 is 1.11 bits per heavy atom. The van der Waals surface area contributed by atoms with Crippen molar-refractivity contribution in [3.8, 4) is 17.0 Å². The van der Waals surface area contributed by atoms with E-state index in [9.17, 15) is 10.2 Å². The van der Waals surface area contributed by atoms with E-state index >= 15 is 0 Å². The number of hydrogen-bond acceptors (Lipinski definition) is 9. The van der Waals surface area contributed by atoms with Crippen LogP contribution in [0, 0.1) is 0 Å². The summed E-state index contributed by atoms with van der Waals surface area (Å²) in [5, 5.41) is 31.6. The van der Waals surface area contributed by atoms with Gasteiger partial charge in [0, 0.05) is 36.0 Å². The molecule has 0 spiro atoms. The average Bonchev–Trinajstić information content (AvgIpc) is 3.59. The summed E-state index contributed by atoms with van der Waals surface area (Å²) in [4.78, 5) is 8.76. The Morgan fingerprint density at radius 3 is 2.73 bits per heavy atom. The molecule has 1 aliphatic heterocycles. The molecule has 6 rings (SSSR count). The molecule has 1 aromatic carbocycles. The zero-order valence-electron chi connectivity index (χ0n) is 20.4. The second-order valence-electron chi connectivity index (χ2n) is 9.16. The molecular formula is C26H27N7O4. The molecular weight excluding hydrogens is 474 g/mol. The molecule has 0 aliphatic carbocycles. The van der Waals surface area contributed by atoms with Crippen molar-refractivity contribution in [1.82, 2.24) is 29.4 Å². The number of nitrogens with two attached hydrogens (primary N) is 1. The van der Waals surface area contributed by atoms with Crippen molar-refractivity contribution in [2.24, 2.45) is 7.05 Å². The molecule has 11 nitrogen and oxygen atoms in total. The lowest BCUT2D eigenvalue weighted by atomic mass is 10.1. The molecule has 1 saturated heterocycles. The van der Waals surface area contributed by atoms with Gasteiger partial charge in [-0.1, -0.05) is 13.0 Å². The van der Waals surface area contributed by atoms with Gasteiger partial charge in [-0.3, -0.25) is 9.67 Å². The summed E-state index contributed by atoms with van der Waals surface area (Å²) in [5.41, 5.74) is 10.5. The SMILES string of the molecule is CCc1ccc2ccc(OC[C@H]3O[C@@H](c4cc(-c5ccn(C)n5)c5c(N)ncnn45)[C@H](O)[C@@H]3O)cc2n1. The van der Waals surface area contributed by atoms with Gasteiger partial charge in [-0.2, -0.15) is 10.2 Å². The second-order valence-corrected chi connectivity index (χ2v) is 9.16. The van der Waals surface area contributed by atoms with Crippen LogP contribution in [0.4, 0.5) is 5.82 Å². The first-order valence-electron chi connectivity index (χ1n) is 12.1. The van der Waals surface area contributed by atoms with E-state index in [1.165, 1.54) is 6.33 Å². The largest absolute Gasteiger partial charge is 0.491 e. The van der Waals surface area contributed by atoms with Gasteiger partial charge < -0.3 is 25.4 Å². The van der Waals surface area contributed by atoms with Crippen LogP contribution in [-0.2, 0) is 18.2 Å². The van der Waals surface area contributed by atoms with Crippen LogP contribution in [0.15, 0.2) is 55.0 Å². The van der Waals surface area contributed by atoms with Gasteiger partial charge in [0.05, 0.1) is 16.9 Å². The number of pyridine rings is 1. The molecule has 0 amide bonds. The predicted molar refractivity (Wildman–Crippen MR) is 136 cm³/mol. The van der Waals surface area contributed by atoms with Gasteiger partial charge in [0.2, 0.25) is 0 Å². The highest BCUT2D eigenvalue weighted by molar-refractivity contribution is 5.87. The first-order chi connectivity index (χ1) is 17.9. The molecule has 4 N–H and O–H groups in total. The molecule has 0 bridgehead atoms. The monoisotopic (exact) mass is 501 g/mol. The number of rotatable bonds is 6. The Labute approximate surface area is 212 Å². The number of fused-ring (bicyclic) bond motifs is 2. The zero-order valence-corrected chi connectivity index (χ0v) is 20.4. The van der Waals surface area contributed by atoms with Crippen molar-refractivity contribution < 1.29 is 19.7 Å². The van der Waals surface area contributed by atoms with Crippen LogP contribution >= 0.6 is 0 Å². The Kier molecular flexibility index (Phi) is 5.75. The number of nitrogen functional groups attached to an aromatic ring is 1. The van der Waals surface area contributed by atoms with Crippen molar-refractivity contribution in [2.45, 2.75) is 37.8 Å². The van der Waals surface area contributed by atoms with Crippen LogP contribution in [-0.4, -0.2) is 64.5 Å². The molecule has 0 radical (unpaired) electrons. The molecule has 4 atom stereocenters. The number of aromatic nitrogens is 6. The van der Waals surface area contributed by atoms with Crippen molar-refractivity contribution in [2.75, 3.05) is 12.3 Å². The number of aliphatic hydroxyl groups excluding tert-OH is 2. The van der Waals surface area contributed by atoms with Gasteiger partial charge in [0.15, 0.2) is 5.82 Å². The maximum Gasteiger partial charge on any atom is 0.152 e. The lowest BCUT2D eigenvalue weighted by molar-refractivity contribution is -0.0187. The normalized spacial score (nSPS) is 21.7. The van der Waals surface area contributed by atoms with E-state index in [1.807, 2.05) is 55.7 Å². The van der Waals surface area contributed by atoms with E-state index in [4.69, 9.17) is 15.2 Å². The number of nitrogens with zero attached hydrogens (tertiary/aromatic N) is 6. The maximum absolute atomic E-state index is 10.9. The van der Waals surface area contributed by atoms with Crippen LogP contribution in [0.25, 0.3) is 27.7 Å². The van der Waals surface area contributed by atoms with Gasteiger partial charge >= 0.3 is 0 Å². The van der Waals surface area contributed by atoms with Gasteiger partial charge in [0.1, 0.15) is 48.6 Å². The minimum Gasteiger partial charge on any atom is -0.491 e. The van der Waals surface area contributed by atoms with Crippen molar-refractivity contribution in [3.63, 3.8) is 0 Å². The third-order valence-electron chi connectivity index (χ3n) is 6.75. The summed E-state index contributed by atoms with van der Waals surface area (Å²) in [6.45, 7) is 2.10. The van der Waals surface area contributed by atoms with E-state index < -0.39 is 24.4 Å². The molecule has 5 heterocycles. The van der Waals surface area contributed by atoms with Crippen molar-refractivity contribution >= 4 is 22.2 Å². The summed E-state index contributed by atoms with van der Waals surface area (Å²) in [7, 11) is 1.82. The van der Waals surface area contributed by atoms with E-state index in [1.54, 1.807) is 9.20 Å². The highest BCUT2D eigenvalue weighted by Gasteiger charge is 2.45. The molecule has 0 saturated carbocycles. The van der Waals surface area contributed by atoms with Gasteiger partial charge in [0.25, 0.3) is 0 Å². The van der Waals surface area contributed by atoms with Crippen LogP contribution in [0.5, 0.6) is 5.75 Å². The summed E-state index contributed by atoms with van der Waals surface area (Å²) < 4.78 is 15.4. The second kappa shape index (κ2) is 9.11. The smallest absolute Gasteiger partial charge is 0.152 e. The highest BCUT2D eigenvalue weighted by atomic mass is 16.6.